The van der Waals surface area contributed by atoms with Crippen molar-refractivity contribution in [1.82, 2.24) is 0 Å². The molecule has 1 heterocycles. The quantitative estimate of drug-likeness (QED) is 0.738. The van der Waals surface area contributed by atoms with Crippen LogP contribution in [0.4, 0.5) is 0 Å². The number of benzene rings is 2. The maximum Gasteiger partial charge on any atom is 0.193 e. The molecule has 0 amide bonds. The first-order valence-corrected chi connectivity index (χ1v) is 7.01. The van der Waals surface area contributed by atoms with E-state index in [1.54, 1.807) is 45.6 Å². The van der Waals surface area contributed by atoms with E-state index in [9.17, 15) is 4.79 Å². The van der Waals surface area contributed by atoms with E-state index < -0.39 is 0 Å². The highest BCUT2D eigenvalue weighted by molar-refractivity contribution is 5.81. The van der Waals surface area contributed by atoms with Crippen molar-refractivity contribution in [3.8, 4) is 28.6 Å². The fourth-order valence-electron chi connectivity index (χ4n) is 2.48. The molecule has 0 aliphatic carbocycles. The predicted molar refractivity (Wildman–Crippen MR) is 87.6 cm³/mol. The van der Waals surface area contributed by atoms with E-state index >= 15 is 0 Å². The third kappa shape index (κ3) is 2.61. The largest absolute Gasteiger partial charge is 0.497 e. The van der Waals surface area contributed by atoms with Crippen LogP contribution in [0.5, 0.6) is 17.2 Å². The summed E-state index contributed by atoms with van der Waals surface area (Å²) >= 11 is 0. The summed E-state index contributed by atoms with van der Waals surface area (Å²) in [5.41, 5.74) is 0.991. The number of ether oxygens (including phenoxy) is 3. The van der Waals surface area contributed by atoms with Gasteiger partial charge in [-0.3, -0.25) is 4.79 Å². The second-order valence-corrected chi connectivity index (χ2v) is 4.88. The molecular formula is C18H16O5. The van der Waals surface area contributed by atoms with Crippen LogP contribution in [-0.2, 0) is 0 Å². The normalized spacial score (nSPS) is 10.6. The lowest BCUT2D eigenvalue weighted by Gasteiger charge is -2.12. The second kappa shape index (κ2) is 6.04. The number of para-hydroxylation sites is 1. The summed E-state index contributed by atoms with van der Waals surface area (Å²) in [6.45, 7) is 0. The third-order valence-corrected chi connectivity index (χ3v) is 3.60. The van der Waals surface area contributed by atoms with Gasteiger partial charge in [0.1, 0.15) is 17.1 Å². The van der Waals surface area contributed by atoms with Crippen LogP contribution in [-0.4, -0.2) is 21.3 Å². The van der Waals surface area contributed by atoms with Crippen LogP contribution < -0.4 is 19.6 Å². The van der Waals surface area contributed by atoms with E-state index in [0.717, 1.165) is 0 Å². The smallest absolute Gasteiger partial charge is 0.193 e. The Kier molecular flexibility index (Phi) is 3.93. The molecule has 0 saturated heterocycles. The zero-order chi connectivity index (χ0) is 16.4. The molecule has 1 aromatic heterocycles. The molecule has 3 rings (SSSR count). The van der Waals surface area contributed by atoms with Crippen LogP contribution in [0.3, 0.4) is 0 Å². The van der Waals surface area contributed by atoms with Crippen molar-refractivity contribution in [3.63, 3.8) is 0 Å². The summed E-state index contributed by atoms with van der Waals surface area (Å²) in [4.78, 5) is 12.4. The van der Waals surface area contributed by atoms with E-state index in [1.165, 1.54) is 6.07 Å². The summed E-state index contributed by atoms with van der Waals surface area (Å²) in [7, 11) is 4.66. The molecule has 0 aliphatic heterocycles. The lowest BCUT2D eigenvalue weighted by Crippen LogP contribution is -2.01. The maximum absolute atomic E-state index is 12.4. The topological polar surface area (TPSA) is 57.9 Å². The fraction of sp³-hybridized carbons (Fsp3) is 0.167. The number of rotatable bonds is 4. The van der Waals surface area contributed by atoms with Gasteiger partial charge in [-0.15, -0.1) is 0 Å². The van der Waals surface area contributed by atoms with Gasteiger partial charge in [0, 0.05) is 6.07 Å². The Morgan fingerprint density at radius 2 is 1.74 bits per heavy atom. The minimum absolute atomic E-state index is 0.148. The Hall–Kier alpha value is -2.95. The molecular weight excluding hydrogens is 296 g/mol. The molecule has 0 saturated carbocycles. The Morgan fingerprint density at radius 1 is 0.913 bits per heavy atom. The van der Waals surface area contributed by atoms with Gasteiger partial charge in [0.05, 0.1) is 32.3 Å². The molecule has 5 nitrogen and oxygen atoms in total. The molecule has 0 radical (unpaired) electrons. The van der Waals surface area contributed by atoms with Crippen molar-refractivity contribution >= 4 is 11.0 Å². The van der Waals surface area contributed by atoms with E-state index in [0.29, 0.717) is 39.5 Å². The van der Waals surface area contributed by atoms with Gasteiger partial charge in [-0.05, 0) is 30.3 Å². The first-order chi connectivity index (χ1) is 11.2. The van der Waals surface area contributed by atoms with E-state index in [2.05, 4.69) is 0 Å². The molecule has 0 atom stereocenters. The number of methoxy groups -OCH3 is 3. The predicted octanol–water partition coefficient (Wildman–Crippen LogP) is 3.49. The van der Waals surface area contributed by atoms with Gasteiger partial charge >= 0.3 is 0 Å². The highest BCUT2D eigenvalue weighted by Gasteiger charge is 2.15. The Labute approximate surface area is 133 Å². The standard InChI is InChI=1S/C18H16O5/c1-20-11-7-8-15-13(9-11)14(19)10-17(23-15)12-5-4-6-16(21-2)18(12)22-3/h4-10H,1-3H3. The molecule has 23 heavy (non-hydrogen) atoms. The van der Waals surface area contributed by atoms with Crippen molar-refractivity contribution in [2.75, 3.05) is 21.3 Å². The maximum atomic E-state index is 12.4. The van der Waals surface area contributed by atoms with Crippen LogP contribution in [0.2, 0.25) is 0 Å². The fourth-order valence-corrected chi connectivity index (χ4v) is 2.48. The lowest BCUT2D eigenvalue weighted by atomic mass is 10.1. The molecule has 0 aliphatic rings. The van der Waals surface area contributed by atoms with Crippen LogP contribution in [0, 0.1) is 0 Å². The van der Waals surface area contributed by atoms with Crippen molar-refractivity contribution in [1.29, 1.82) is 0 Å². The monoisotopic (exact) mass is 312 g/mol. The lowest BCUT2D eigenvalue weighted by molar-refractivity contribution is 0.355. The minimum Gasteiger partial charge on any atom is -0.497 e. The van der Waals surface area contributed by atoms with Gasteiger partial charge in [-0.25, -0.2) is 0 Å². The average Bonchev–Trinajstić information content (AvgIpc) is 2.60. The number of hydrogen-bond donors (Lipinski definition) is 0. The summed E-state index contributed by atoms with van der Waals surface area (Å²) in [5, 5.41) is 0.468. The van der Waals surface area contributed by atoms with E-state index in [-0.39, 0.29) is 5.43 Å². The van der Waals surface area contributed by atoms with Crippen LogP contribution in [0.1, 0.15) is 0 Å². The molecule has 0 bridgehead atoms. The van der Waals surface area contributed by atoms with Crippen LogP contribution in [0.25, 0.3) is 22.3 Å². The van der Waals surface area contributed by atoms with Crippen molar-refractivity contribution in [2.24, 2.45) is 0 Å². The summed E-state index contributed by atoms with van der Waals surface area (Å²) in [6.07, 6.45) is 0. The Bertz CT molecular complexity index is 911. The molecule has 3 aromatic rings. The van der Waals surface area contributed by atoms with E-state index in [4.69, 9.17) is 18.6 Å². The number of fused-ring (bicyclic) bond motifs is 1. The molecule has 5 heteroatoms. The summed E-state index contributed by atoms with van der Waals surface area (Å²) < 4.78 is 21.7. The number of hydrogen-bond acceptors (Lipinski definition) is 5. The summed E-state index contributed by atoms with van der Waals surface area (Å²) in [5.74, 6) is 2.12. The van der Waals surface area contributed by atoms with Crippen LogP contribution in [0.15, 0.2) is 51.7 Å². The molecule has 0 N–H and O–H groups in total. The Morgan fingerprint density at radius 3 is 2.43 bits per heavy atom. The van der Waals surface area contributed by atoms with Gasteiger partial charge < -0.3 is 18.6 Å². The highest BCUT2D eigenvalue weighted by atomic mass is 16.5. The molecule has 2 aromatic carbocycles. The van der Waals surface area contributed by atoms with Gasteiger partial charge in [0.25, 0.3) is 0 Å². The molecule has 0 fully saturated rings. The zero-order valence-electron chi connectivity index (χ0n) is 13.1. The molecule has 118 valence electrons. The zero-order valence-corrected chi connectivity index (χ0v) is 13.1. The SMILES string of the molecule is COc1ccc2oc(-c3cccc(OC)c3OC)cc(=O)c2c1. The third-order valence-electron chi connectivity index (χ3n) is 3.60. The molecule has 0 unspecified atom stereocenters. The van der Waals surface area contributed by atoms with Gasteiger partial charge in [0.15, 0.2) is 16.9 Å². The van der Waals surface area contributed by atoms with E-state index in [1.807, 2.05) is 12.1 Å². The first kappa shape index (κ1) is 15.0. The Balaban J connectivity index is 2.24. The van der Waals surface area contributed by atoms with Crippen LogP contribution >= 0.6 is 0 Å². The second-order valence-electron chi connectivity index (χ2n) is 4.88. The first-order valence-electron chi connectivity index (χ1n) is 7.01. The van der Waals surface area contributed by atoms with Crippen molar-refractivity contribution in [3.05, 3.63) is 52.7 Å². The molecule has 0 spiro atoms. The average molecular weight is 312 g/mol. The van der Waals surface area contributed by atoms with Crippen molar-refractivity contribution < 1.29 is 18.6 Å². The van der Waals surface area contributed by atoms with Crippen molar-refractivity contribution in [2.45, 2.75) is 0 Å². The summed E-state index contributed by atoms with van der Waals surface area (Å²) in [6, 6.07) is 12.0. The highest BCUT2D eigenvalue weighted by Crippen LogP contribution is 2.38. The van der Waals surface area contributed by atoms with Gasteiger partial charge in [-0.1, -0.05) is 6.07 Å². The van der Waals surface area contributed by atoms with Gasteiger partial charge in [0.2, 0.25) is 0 Å². The van der Waals surface area contributed by atoms with Gasteiger partial charge in [-0.2, -0.15) is 0 Å². The minimum atomic E-state index is -0.148.